The molecule has 2 heterocycles. The summed E-state index contributed by atoms with van der Waals surface area (Å²) < 4.78 is 13.3. The average molecular weight is 405 g/mol. The number of dihydropyridines is 1. The van der Waals surface area contributed by atoms with Crippen LogP contribution in [0.15, 0.2) is 33.4 Å². The Hall–Kier alpha value is -2.22. The fraction of sp³-hybridized carbons (Fsp3) is 0.412. The molecule has 1 aromatic heterocycles. The molecule has 7 nitrogen and oxygen atoms in total. The molecule has 8 heteroatoms. The Morgan fingerprint density at radius 2 is 2.24 bits per heavy atom. The smallest absolute Gasteiger partial charge is 0.330 e. The Morgan fingerprint density at radius 1 is 1.40 bits per heavy atom. The second-order valence-corrected chi connectivity index (χ2v) is 7.01. The van der Waals surface area contributed by atoms with Crippen molar-refractivity contribution in [2.24, 2.45) is 10.9 Å². The van der Waals surface area contributed by atoms with Gasteiger partial charge in [-0.1, -0.05) is 5.21 Å². The Labute approximate surface area is 152 Å². The summed E-state index contributed by atoms with van der Waals surface area (Å²) in [5.41, 5.74) is 1.77. The minimum atomic E-state index is -0.495. The Kier molecular flexibility index (Phi) is 4.29. The van der Waals surface area contributed by atoms with Crippen LogP contribution in [0.25, 0.3) is 11.0 Å². The number of hydrogen-bond donors (Lipinski definition) is 0. The van der Waals surface area contributed by atoms with E-state index in [1.54, 1.807) is 6.21 Å². The zero-order valence-electron chi connectivity index (χ0n) is 13.7. The van der Waals surface area contributed by atoms with Crippen LogP contribution in [0.4, 0.5) is 0 Å². The molecular formula is C17H17BrN4O3. The van der Waals surface area contributed by atoms with Gasteiger partial charge in [0.1, 0.15) is 17.0 Å². The number of hydrogen-bond acceptors (Lipinski definition) is 6. The van der Waals surface area contributed by atoms with Gasteiger partial charge in [0, 0.05) is 13.0 Å². The number of halogens is 1. The molecule has 0 radical (unpaired) electrons. The highest BCUT2D eigenvalue weighted by Gasteiger charge is 2.24. The molecule has 1 aliphatic heterocycles. The standard InChI is InChI=1S/C17H17BrN4O3/c1-24-17(23)12-5-4-11(8-19-12)25-14-7-6-13-16(15(14)18)20-21-22(13)9-10-2-3-10/h4,6-8,10,12H,2-3,5,9H2,1H3. The minimum Gasteiger partial charge on any atom is -0.467 e. The number of aliphatic imine (C=N–C) groups is 1. The van der Waals surface area contributed by atoms with Crippen LogP contribution in [-0.4, -0.2) is 40.3 Å². The van der Waals surface area contributed by atoms with E-state index in [-0.39, 0.29) is 5.97 Å². The summed E-state index contributed by atoms with van der Waals surface area (Å²) in [6.45, 7) is 0.913. The van der Waals surface area contributed by atoms with Crippen LogP contribution in [0.1, 0.15) is 19.3 Å². The van der Waals surface area contributed by atoms with Gasteiger partial charge < -0.3 is 9.47 Å². The third kappa shape index (κ3) is 3.30. The molecule has 0 amide bonds. The van der Waals surface area contributed by atoms with Gasteiger partial charge in [-0.05, 0) is 52.9 Å². The zero-order chi connectivity index (χ0) is 17.4. The van der Waals surface area contributed by atoms with E-state index in [0.29, 0.717) is 17.9 Å². The van der Waals surface area contributed by atoms with E-state index in [9.17, 15) is 4.79 Å². The zero-order valence-corrected chi connectivity index (χ0v) is 15.3. The lowest BCUT2D eigenvalue weighted by Gasteiger charge is -2.15. The van der Waals surface area contributed by atoms with Gasteiger partial charge in [-0.25, -0.2) is 9.48 Å². The van der Waals surface area contributed by atoms with Gasteiger partial charge in [0.05, 0.1) is 23.3 Å². The molecule has 1 saturated carbocycles. The molecule has 1 aliphatic carbocycles. The van der Waals surface area contributed by atoms with Gasteiger partial charge >= 0.3 is 5.97 Å². The predicted octanol–water partition coefficient (Wildman–Crippen LogP) is 2.88. The minimum absolute atomic E-state index is 0.346. The van der Waals surface area contributed by atoms with Crippen molar-refractivity contribution >= 4 is 39.1 Å². The normalized spacial score (nSPS) is 19.8. The summed E-state index contributed by atoms with van der Waals surface area (Å²) in [4.78, 5) is 15.7. The van der Waals surface area contributed by atoms with Crippen LogP contribution in [-0.2, 0) is 16.1 Å². The van der Waals surface area contributed by atoms with Crippen molar-refractivity contribution in [1.82, 2.24) is 15.0 Å². The van der Waals surface area contributed by atoms with E-state index in [1.165, 1.54) is 20.0 Å². The van der Waals surface area contributed by atoms with Crippen LogP contribution >= 0.6 is 15.9 Å². The Balaban J connectivity index is 1.52. The second kappa shape index (κ2) is 6.59. The van der Waals surface area contributed by atoms with Gasteiger partial charge in [-0.15, -0.1) is 5.10 Å². The highest BCUT2D eigenvalue weighted by molar-refractivity contribution is 9.10. The number of benzene rings is 1. The van der Waals surface area contributed by atoms with Gasteiger partial charge in [0.15, 0.2) is 6.04 Å². The molecule has 0 spiro atoms. The van der Waals surface area contributed by atoms with Crippen LogP contribution in [0.2, 0.25) is 0 Å². The lowest BCUT2D eigenvalue weighted by molar-refractivity contribution is -0.141. The quantitative estimate of drug-likeness (QED) is 0.715. The third-order valence-electron chi connectivity index (χ3n) is 4.34. The molecular weight excluding hydrogens is 388 g/mol. The molecule has 2 aliphatic rings. The summed E-state index contributed by atoms with van der Waals surface area (Å²) >= 11 is 3.56. The molecule has 2 aromatic rings. The number of esters is 1. The van der Waals surface area contributed by atoms with Gasteiger partial charge in [-0.3, -0.25) is 4.99 Å². The van der Waals surface area contributed by atoms with Crippen molar-refractivity contribution < 1.29 is 14.3 Å². The Morgan fingerprint density at radius 3 is 2.92 bits per heavy atom. The molecule has 130 valence electrons. The van der Waals surface area contributed by atoms with Gasteiger partial charge in [0.2, 0.25) is 0 Å². The number of rotatable bonds is 5. The lowest BCUT2D eigenvalue weighted by atomic mass is 10.1. The average Bonchev–Trinajstić information content (AvgIpc) is 3.36. The number of methoxy groups -OCH3 is 1. The summed E-state index contributed by atoms with van der Waals surface area (Å²) in [5, 5.41) is 8.52. The molecule has 4 rings (SSSR count). The van der Waals surface area contributed by atoms with E-state index in [1.807, 2.05) is 22.9 Å². The Bertz CT molecular complexity index is 885. The first-order chi connectivity index (χ1) is 12.2. The highest BCUT2D eigenvalue weighted by atomic mass is 79.9. The lowest BCUT2D eigenvalue weighted by Crippen LogP contribution is -2.22. The van der Waals surface area contributed by atoms with E-state index in [4.69, 9.17) is 9.47 Å². The third-order valence-corrected chi connectivity index (χ3v) is 5.11. The second-order valence-electron chi connectivity index (χ2n) is 6.22. The number of allylic oxidation sites excluding steroid dienone is 1. The van der Waals surface area contributed by atoms with Gasteiger partial charge in [0.25, 0.3) is 0 Å². The van der Waals surface area contributed by atoms with E-state index in [0.717, 1.165) is 28.0 Å². The molecule has 1 unspecified atom stereocenters. The van der Waals surface area contributed by atoms with Crippen molar-refractivity contribution in [2.45, 2.75) is 31.8 Å². The molecule has 0 saturated heterocycles. The topological polar surface area (TPSA) is 78.6 Å². The number of aromatic nitrogens is 3. The number of ether oxygens (including phenoxy) is 2. The van der Waals surface area contributed by atoms with Crippen LogP contribution in [0.3, 0.4) is 0 Å². The van der Waals surface area contributed by atoms with E-state index < -0.39 is 6.04 Å². The number of fused-ring (bicyclic) bond motifs is 1. The summed E-state index contributed by atoms with van der Waals surface area (Å²) in [5.74, 6) is 1.61. The first-order valence-corrected chi connectivity index (χ1v) is 8.95. The van der Waals surface area contributed by atoms with Crippen molar-refractivity contribution in [3.8, 4) is 5.75 Å². The summed E-state index contributed by atoms with van der Waals surface area (Å²) in [6, 6.07) is 3.36. The number of nitrogens with zero attached hydrogens (tertiary/aromatic N) is 4. The monoisotopic (exact) mass is 404 g/mol. The maximum atomic E-state index is 11.5. The molecule has 0 N–H and O–H groups in total. The van der Waals surface area contributed by atoms with Crippen LogP contribution in [0.5, 0.6) is 5.75 Å². The summed E-state index contributed by atoms with van der Waals surface area (Å²) in [7, 11) is 1.36. The molecule has 1 atom stereocenters. The van der Waals surface area contributed by atoms with Crippen molar-refractivity contribution in [2.75, 3.05) is 7.11 Å². The molecule has 0 bridgehead atoms. The first-order valence-electron chi connectivity index (χ1n) is 8.16. The number of carbonyl (C=O) groups excluding carboxylic acids is 1. The van der Waals surface area contributed by atoms with Crippen LogP contribution in [0, 0.1) is 5.92 Å². The molecule has 25 heavy (non-hydrogen) atoms. The van der Waals surface area contributed by atoms with Crippen molar-refractivity contribution in [1.29, 1.82) is 0 Å². The van der Waals surface area contributed by atoms with Crippen molar-refractivity contribution in [3.63, 3.8) is 0 Å². The predicted molar refractivity (Wildman–Crippen MR) is 95.6 cm³/mol. The van der Waals surface area contributed by atoms with Gasteiger partial charge in [-0.2, -0.15) is 0 Å². The maximum absolute atomic E-state index is 11.5. The fourth-order valence-electron chi connectivity index (χ4n) is 2.74. The fourth-order valence-corrected chi connectivity index (χ4v) is 3.23. The molecule has 1 aromatic carbocycles. The van der Waals surface area contributed by atoms with E-state index in [2.05, 4.69) is 31.2 Å². The largest absolute Gasteiger partial charge is 0.467 e. The SMILES string of the molecule is COC(=O)C1CC=C(Oc2ccc3c(nnn3CC3CC3)c2Br)C=N1. The number of carbonyl (C=O) groups is 1. The van der Waals surface area contributed by atoms with Crippen LogP contribution < -0.4 is 4.74 Å². The molecule has 1 fully saturated rings. The maximum Gasteiger partial charge on any atom is 0.330 e. The highest BCUT2D eigenvalue weighted by Crippen LogP contribution is 2.35. The summed E-state index contributed by atoms with van der Waals surface area (Å²) in [6.07, 6.45) is 6.37. The van der Waals surface area contributed by atoms with E-state index >= 15 is 0 Å². The first kappa shape index (κ1) is 16.3. The van der Waals surface area contributed by atoms with Crippen molar-refractivity contribution in [3.05, 3.63) is 28.4 Å².